The van der Waals surface area contributed by atoms with Gasteiger partial charge in [0.15, 0.2) is 0 Å². The minimum atomic E-state index is -4.66. The zero-order valence-corrected chi connectivity index (χ0v) is 22.1. The number of hydrogen-bond acceptors (Lipinski definition) is 6. The van der Waals surface area contributed by atoms with Crippen molar-refractivity contribution in [2.75, 3.05) is 51.8 Å². The van der Waals surface area contributed by atoms with Gasteiger partial charge in [-0.2, -0.15) is 13.2 Å². The van der Waals surface area contributed by atoms with Gasteiger partial charge in [-0.1, -0.05) is 12.1 Å². The van der Waals surface area contributed by atoms with Crippen LogP contribution in [-0.2, 0) is 40.0 Å². The number of carbonyl (C=O) groups excluding carboxylic acids is 2. The number of alkyl halides is 3. The number of ether oxygens (including phenoxy) is 1. The second-order valence-corrected chi connectivity index (χ2v) is 9.88. The highest BCUT2D eigenvalue weighted by atomic mass is 19.4. The minimum Gasteiger partial charge on any atom is -0.465 e. The third kappa shape index (κ3) is 7.00. The van der Waals surface area contributed by atoms with Crippen LogP contribution in [0.3, 0.4) is 0 Å². The number of aromatic nitrogens is 1. The average Bonchev–Trinajstić information content (AvgIpc) is 3.47. The number of halogens is 3. The molecule has 10 nitrogen and oxygen atoms in total. The molecule has 13 heteroatoms. The second-order valence-electron chi connectivity index (χ2n) is 9.88. The van der Waals surface area contributed by atoms with Crippen LogP contribution in [0, 0.1) is 5.92 Å². The van der Waals surface area contributed by atoms with Gasteiger partial charge >= 0.3 is 12.3 Å². The SMILES string of the molecule is CN(CCN(Cc1ncccc1C(F)(F)F)C(=O)CNc1cccc2c1CCN(C(=O)C1CCOC1)C2)C(=O)O. The Balaban J connectivity index is 1.46. The molecule has 0 radical (unpaired) electrons. The maximum Gasteiger partial charge on any atom is 0.418 e. The lowest BCUT2D eigenvalue weighted by Gasteiger charge is -2.32. The van der Waals surface area contributed by atoms with Crippen LogP contribution in [0.5, 0.6) is 0 Å². The first kappa shape index (κ1) is 29.1. The third-order valence-electron chi connectivity index (χ3n) is 7.21. The molecule has 0 saturated carbocycles. The fourth-order valence-electron chi connectivity index (χ4n) is 4.89. The third-order valence-corrected chi connectivity index (χ3v) is 7.21. The Hall–Kier alpha value is -3.87. The van der Waals surface area contributed by atoms with Crippen molar-refractivity contribution in [1.82, 2.24) is 19.7 Å². The normalized spacial score (nSPS) is 16.8. The van der Waals surface area contributed by atoms with Gasteiger partial charge in [0.25, 0.3) is 0 Å². The number of carboxylic acid groups (broad SMARTS) is 1. The summed E-state index contributed by atoms with van der Waals surface area (Å²) in [5, 5.41) is 12.3. The number of pyridine rings is 1. The van der Waals surface area contributed by atoms with E-state index in [9.17, 15) is 32.7 Å². The Labute approximate surface area is 229 Å². The number of anilines is 1. The van der Waals surface area contributed by atoms with E-state index in [1.165, 1.54) is 24.2 Å². The van der Waals surface area contributed by atoms with Crippen molar-refractivity contribution in [3.05, 3.63) is 58.9 Å². The molecule has 2 aliphatic rings. The molecule has 1 aromatic heterocycles. The number of nitrogens with zero attached hydrogens (tertiary/aromatic N) is 4. The molecule has 1 aromatic carbocycles. The molecule has 0 spiro atoms. The summed E-state index contributed by atoms with van der Waals surface area (Å²) in [6.07, 6.45) is -3.35. The predicted molar refractivity (Wildman–Crippen MR) is 138 cm³/mol. The van der Waals surface area contributed by atoms with E-state index in [0.717, 1.165) is 22.1 Å². The van der Waals surface area contributed by atoms with Gasteiger partial charge in [0, 0.05) is 51.7 Å². The fourth-order valence-corrected chi connectivity index (χ4v) is 4.89. The first-order chi connectivity index (χ1) is 19.0. The Bertz CT molecular complexity index is 1240. The standard InChI is InChI=1S/C27H32F3N5O5/c1-33(26(38)39)11-12-34(16-23-21(27(28,29)30)5-3-9-31-23)24(36)14-32-22-6-2-4-18-15-35(10-7-20(18)22)25(37)19-8-13-40-17-19/h2-6,9,19,32H,7-8,10-17H2,1H3,(H,38,39). The molecule has 2 N–H and O–H groups in total. The molecule has 0 aliphatic carbocycles. The summed E-state index contributed by atoms with van der Waals surface area (Å²) in [4.78, 5) is 45.1. The van der Waals surface area contributed by atoms with Crippen molar-refractivity contribution in [1.29, 1.82) is 0 Å². The van der Waals surface area contributed by atoms with Gasteiger partial charge in [-0.15, -0.1) is 0 Å². The van der Waals surface area contributed by atoms with E-state index < -0.39 is 30.3 Å². The van der Waals surface area contributed by atoms with Crippen LogP contribution in [0.2, 0.25) is 0 Å². The summed E-state index contributed by atoms with van der Waals surface area (Å²) in [7, 11) is 1.31. The van der Waals surface area contributed by atoms with E-state index >= 15 is 0 Å². The highest BCUT2D eigenvalue weighted by Gasteiger charge is 2.35. The fraction of sp³-hybridized carbons (Fsp3) is 0.481. The van der Waals surface area contributed by atoms with E-state index in [4.69, 9.17) is 4.74 Å². The number of carbonyl (C=O) groups is 3. The highest BCUT2D eigenvalue weighted by molar-refractivity contribution is 5.82. The van der Waals surface area contributed by atoms with Gasteiger partial charge in [0.1, 0.15) is 0 Å². The molecule has 1 unspecified atom stereocenters. The summed E-state index contributed by atoms with van der Waals surface area (Å²) in [5.41, 5.74) is 1.37. The maximum absolute atomic E-state index is 13.5. The Kier molecular flexibility index (Phi) is 9.13. The molecule has 216 valence electrons. The summed E-state index contributed by atoms with van der Waals surface area (Å²) < 4.78 is 46.0. The smallest absolute Gasteiger partial charge is 0.418 e. The topological polar surface area (TPSA) is 115 Å². The second kappa shape index (κ2) is 12.5. The molecule has 1 atom stereocenters. The first-order valence-corrected chi connectivity index (χ1v) is 13.0. The number of likely N-dealkylation sites (N-methyl/N-ethyl adjacent to an activating group) is 1. The quantitative estimate of drug-likeness (QED) is 0.482. The number of hydrogen-bond donors (Lipinski definition) is 2. The van der Waals surface area contributed by atoms with Crippen molar-refractivity contribution in [3.63, 3.8) is 0 Å². The maximum atomic E-state index is 13.5. The van der Waals surface area contributed by atoms with Gasteiger partial charge in [-0.05, 0) is 42.2 Å². The number of nitrogens with one attached hydrogen (secondary N) is 1. The molecule has 40 heavy (non-hydrogen) atoms. The van der Waals surface area contributed by atoms with Crippen molar-refractivity contribution >= 4 is 23.6 Å². The minimum absolute atomic E-state index is 0.0754. The number of rotatable bonds is 9. The Morgan fingerprint density at radius 1 is 1.20 bits per heavy atom. The summed E-state index contributed by atoms with van der Waals surface area (Å²) in [6.45, 7) is 1.14. The number of benzene rings is 1. The average molecular weight is 564 g/mol. The molecule has 3 heterocycles. The van der Waals surface area contributed by atoms with E-state index in [0.29, 0.717) is 44.8 Å². The van der Waals surface area contributed by atoms with Gasteiger partial charge < -0.3 is 29.9 Å². The molecule has 2 aromatic rings. The van der Waals surface area contributed by atoms with Crippen LogP contribution < -0.4 is 5.32 Å². The van der Waals surface area contributed by atoms with Gasteiger partial charge in [-0.3, -0.25) is 14.6 Å². The molecule has 0 bridgehead atoms. The first-order valence-electron chi connectivity index (χ1n) is 13.0. The van der Waals surface area contributed by atoms with Crippen LogP contribution in [0.4, 0.5) is 23.7 Å². The van der Waals surface area contributed by atoms with Gasteiger partial charge in [0.05, 0.1) is 36.9 Å². The van der Waals surface area contributed by atoms with Gasteiger partial charge in [0.2, 0.25) is 11.8 Å². The monoisotopic (exact) mass is 563 g/mol. The summed E-state index contributed by atoms with van der Waals surface area (Å²) >= 11 is 0. The summed E-state index contributed by atoms with van der Waals surface area (Å²) in [5.74, 6) is -0.556. The number of amides is 3. The molecule has 1 fully saturated rings. The predicted octanol–water partition coefficient (Wildman–Crippen LogP) is 3.07. The van der Waals surface area contributed by atoms with Crippen molar-refractivity contribution < 1.29 is 37.4 Å². The van der Waals surface area contributed by atoms with E-state index in [1.54, 1.807) is 0 Å². The van der Waals surface area contributed by atoms with Crippen molar-refractivity contribution in [2.45, 2.75) is 32.1 Å². The van der Waals surface area contributed by atoms with E-state index in [2.05, 4.69) is 10.3 Å². The van der Waals surface area contributed by atoms with E-state index in [1.807, 2.05) is 23.1 Å². The molecule has 1 saturated heterocycles. The lowest BCUT2D eigenvalue weighted by molar-refractivity contribution is -0.140. The van der Waals surface area contributed by atoms with Gasteiger partial charge in [-0.25, -0.2) is 4.79 Å². The number of fused-ring (bicyclic) bond motifs is 1. The highest BCUT2D eigenvalue weighted by Crippen LogP contribution is 2.32. The zero-order valence-electron chi connectivity index (χ0n) is 22.1. The largest absolute Gasteiger partial charge is 0.465 e. The van der Waals surface area contributed by atoms with E-state index in [-0.39, 0.29) is 37.2 Å². The lowest BCUT2D eigenvalue weighted by atomic mass is 9.96. The Morgan fingerprint density at radius 3 is 2.70 bits per heavy atom. The van der Waals surface area contributed by atoms with Crippen LogP contribution >= 0.6 is 0 Å². The van der Waals surface area contributed by atoms with Crippen LogP contribution in [-0.4, -0.2) is 89.1 Å². The van der Waals surface area contributed by atoms with Crippen LogP contribution in [0.15, 0.2) is 36.5 Å². The molecule has 3 amide bonds. The molecular formula is C27H32F3N5O5. The van der Waals surface area contributed by atoms with Crippen LogP contribution in [0.25, 0.3) is 0 Å². The molecule has 4 rings (SSSR count). The van der Waals surface area contributed by atoms with Crippen molar-refractivity contribution in [2.24, 2.45) is 5.92 Å². The zero-order chi connectivity index (χ0) is 28.9. The van der Waals surface area contributed by atoms with Crippen molar-refractivity contribution in [3.8, 4) is 0 Å². The summed E-state index contributed by atoms with van der Waals surface area (Å²) in [6, 6.07) is 7.64. The molecule has 2 aliphatic heterocycles. The molecular weight excluding hydrogens is 531 g/mol. The van der Waals surface area contributed by atoms with Crippen LogP contribution in [0.1, 0.15) is 28.8 Å². The Morgan fingerprint density at radius 2 is 2.00 bits per heavy atom. The lowest BCUT2D eigenvalue weighted by Crippen LogP contribution is -2.42.